The van der Waals surface area contributed by atoms with Crippen molar-refractivity contribution in [2.75, 3.05) is 6.26 Å². The first-order chi connectivity index (χ1) is 13.6. The molecule has 1 aromatic rings. The molecular formula is C27H42S. The van der Waals surface area contributed by atoms with E-state index in [1.807, 2.05) is 52.0 Å². The summed E-state index contributed by atoms with van der Waals surface area (Å²) >= 11 is 3.53. The maximum atomic E-state index is 4.01. The molecule has 0 aromatic heterocycles. The number of benzene rings is 1. The molecule has 0 bridgehead atoms. The van der Waals surface area contributed by atoms with Crippen molar-refractivity contribution >= 4 is 30.9 Å². The van der Waals surface area contributed by atoms with Gasteiger partial charge in [-0.3, -0.25) is 0 Å². The van der Waals surface area contributed by atoms with E-state index >= 15 is 0 Å². The molecule has 0 fully saturated rings. The molecule has 1 rings (SSSR count). The van der Waals surface area contributed by atoms with Crippen molar-refractivity contribution in [3.8, 4) is 0 Å². The van der Waals surface area contributed by atoms with Gasteiger partial charge in [0.05, 0.1) is 0 Å². The number of hydrogen-bond acceptors (Lipinski definition) is 1. The predicted octanol–water partition coefficient (Wildman–Crippen LogP) is 9.06. The van der Waals surface area contributed by atoms with Gasteiger partial charge in [0, 0.05) is 0 Å². The highest BCUT2D eigenvalue weighted by Gasteiger charge is 2.14. The molecule has 0 saturated carbocycles. The predicted molar refractivity (Wildman–Crippen MR) is 141 cm³/mol. The zero-order chi connectivity index (χ0) is 22.5. The van der Waals surface area contributed by atoms with Gasteiger partial charge in [0.15, 0.2) is 0 Å². The van der Waals surface area contributed by atoms with Gasteiger partial charge < -0.3 is 0 Å². The molecule has 0 aliphatic heterocycles. The van der Waals surface area contributed by atoms with Crippen LogP contribution in [-0.2, 0) is 6.42 Å². The van der Waals surface area contributed by atoms with Crippen molar-refractivity contribution < 1.29 is 0 Å². The highest BCUT2D eigenvalue weighted by atomic mass is 32.1. The maximum Gasteiger partial charge on any atom is -0.00887 e. The van der Waals surface area contributed by atoms with Crippen LogP contribution >= 0.6 is 12.6 Å². The Morgan fingerprint density at radius 2 is 1.18 bits per heavy atom. The van der Waals surface area contributed by atoms with Gasteiger partial charge in [-0.15, -0.1) is 0 Å². The van der Waals surface area contributed by atoms with E-state index < -0.39 is 0 Å². The number of allylic oxidation sites excluding steroid dienone is 6. The van der Waals surface area contributed by atoms with Crippen LogP contribution in [-0.4, -0.2) is 6.26 Å². The fourth-order valence-corrected chi connectivity index (χ4v) is 2.67. The van der Waals surface area contributed by atoms with Crippen molar-refractivity contribution in [1.29, 1.82) is 0 Å². The summed E-state index contributed by atoms with van der Waals surface area (Å²) in [5.74, 6) is 0. The second-order valence-electron chi connectivity index (χ2n) is 5.14. The van der Waals surface area contributed by atoms with Gasteiger partial charge in [0.25, 0.3) is 0 Å². The first-order valence-corrected chi connectivity index (χ1v) is 10.9. The average molecular weight is 399 g/mol. The molecule has 1 aromatic carbocycles. The van der Waals surface area contributed by atoms with Crippen molar-refractivity contribution in [3.63, 3.8) is 0 Å². The third kappa shape index (κ3) is 9.80. The van der Waals surface area contributed by atoms with Crippen molar-refractivity contribution in [3.05, 3.63) is 89.6 Å². The highest BCUT2D eigenvalue weighted by molar-refractivity contribution is 7.79. The summed E-state index contributed by atoms with van der Waals surface area (Å²) in [6, 6.07) is 0. The zero-order valence-electron chi connectivity index (χ0n) is 19.5. The third-order valence-corrected chi connectivity index (χ3v) is 3.84. The van der Waals surface area contributed by atoms with Crippen LogP contribution in [0.25, 0.3) is 18.2 Å². The quantitative estimate of drug-likeness (QED) is 0.264. The maximum absolute atomic E-state index is 4.01. The number of thiol groups is 1. The van der Waals surface area contributed by atoms with Crippen LogP contribution in [0.4, 0.5) is 0 Å². The first-order valence-electron chi connectivity index (χ1n) is 10.0. The van der Waals surface area contributed by atoms with Crippen LogP contribution < -0.4 is 0 Å². The Hall–Kier alpha value is -1.99. The molecule has 0 N–H and O–H groups in total. The van der Waals surface area contributed by atoms with E-state index in [1.165, 1.54) is 33.4 Å². The minimum atomic E-state index is 0.922. The van der Waals surface area contributed by atoms with E-state index in [-0.39, 0.29) is 0 Å². The van der Waals surface area contributed by atoms with Crippen molar-refractivity contribution in [2.24, 2.45) is 0 Å². The topological polar surface area (TPSA) is 0 Å². The van der Waals surface area contributed by atoms with Gasteiger partial charge in [0.2, 0.25) is 0 Å². The van der Waals surface area contributed by atoms with Gasteiger partial charge in [-0.05, 0) is 66.8 Å². The SMILES string of the molecule is C=C/C=C\c1c(C)c(C=C)c(C/C=C\C)c(C)c1/C=C\C=C.CC.CC.CS. The summed E-state index contributed by atoms with van der Waals surface area (Å²) in [4.78, 5) is 0. The normalized spacial score (nSPS) is 9.75. The molecule has 0 aliphatic carbocycles. The van der Waals surface area contributed by atoms with Gasteiger partial charge in [-0.25, -0.2) is 0 Å². The Kier molecular flexibility index (Phi) is 23.4. The Bertz CT molecular complexity index is 656. The molecular weight excluding hydrogens is 356 g/mol. The van der Waals surface area contributed by atoms with Crippen LogP contribution in [0, 0.1) is 13.8 Å². The molecule has 0 unspecified atom stereocenters. The molecule has 0 saturated heterocycles. The molecule has 0 spiro atoms. The second-order valence-corrected chi connectivity index (χ2v) is 5.14. The Morgan fingerprint density at radius 3 is 1.54 bits per heavy atom. The summed E-state index contributed by atoms with van der Waals surface area (Å²) in [5.41, 5.74) is 7.57. The van der Waals surface area contributed by atoms with E-state index in [4.69, 9.17) is 0 Å². The molecule has 0 nitrogen and oxygen atoms in total. The van der Waals surface area contributed by atoms with Gasteiger partial charge in [-0.1, -0.05) is 102 Å². The van der Waals surface area contributed by atoms with Gasteiger partial charge in [0.1, 0.15) is 0 Å². The molecule has 0 aliphatic rings. The summed E-state index contributed by atoms with van der Waals surface area (Å²) in [5, 5.41) is 0. The summed E-state index contributed by atoms with van der Waals surface area (Å²) in [7, 11) is 0. The molecule has 0 radical (unpaired) electrons. The van der Waals surface area contributed by atoms with Crippen LogP contribution in [0.5, 0.6) is 0 Å². The van der Waals surface area contributed by atoms with E-state index in [2.05, 4.69) is 77.4 Å². The van der Waals surface area contributed by atoms with Crippen molar-refractivity contribution in [2.45, 2.75) is 54.9 Å². The lowest BCUT2D eigenvalue weighted by molar-refractivity contribution is 1.17. The molecule has 28 heavy (non-hydrogen) atoms. The lowest BCUT2D eigenvalue weighted by Gasteiger charge is -2.19. The van der Waals surface area contributed by atoms with E-state index in [0.717, 1.165) is 6.42 Å². The summed E-state index contributed by atoms with van der Waals surface area (Å²) in [6.45, 7) is 25.9. The van der Waals surface area contributed by atoms with Crippen LogP contribution in [0.2, 0.25) is 0 Å². The fraction of sp³-hybridized carbons (Fsp3) is 0.333. The minimum absolute atomic E-state index is 0.922. The summed E-state index contributed by atoms with van der Waals surface area (Å²) < 4.78 is 0. The monoisotopic (exact) mass is 398 g/mol. The standard InChI is InChI=1S/C22H26.2C2H6.CH4S/c1-7-11-14-20-18(6)22(16-13-9-3)21(15-12-8-2)17(5)19(20)10-4;3*1-2/h7-13,15-16H,2-4,14H2,1,5-6H3;2*1-2H3;2H,1H3/b11-7-,15-12-,16-13-;;;. The van der Waals surface area contributed by atoms with Crippen LogP contribution in [0.1, 0.15) is 68.0 Å². The Labute approximate surface area is 181 Å². The third-order valence-electron chi connectivity index (χ3n) is 3.84. The first kappa shape index (κ1) is 30.7. The van der Waals surface area contributed by atoms with Crippen LogP contribution in [0.3, 0.4) is 0 Å². The lowest BCUT2D eigenvalue weighted by Crippen LogP contribution is -2.02. The number of rotatable bonds is 7. The van der Waals surface area contributed by atoms with Gasteiger partial charge in [-0.2, -0.15) is 12.6 Å². The summed E-state index contributed by atoms with van der Waals surface area (Å²) in [6.07, 6.45) is 20.7. The molecule has 0 atom stereocenters. The highest BCUT2D eigenvalue weighted by Crippen LogP contribution is 2.31. The second kappa shape index (κ2) is 21.3. The fourth-order valence-electron chi connectivity index (χ4n) is 2.67. The lowest BCUT2D eigenvalue weighted by atomic mass is 9.85. The largest absolute Gasteiger partial charge is 0.183 e. The van der Waals surface area contributed by atoms with E-state index in [1.54, 1.807) is 12.3 Å². The Balaban J connectivity index is -0.000000946. The van der Waals surface area contributed by atoms with Crippen LogP contribution in [0.15, 0.2) is 56.2 Å². The van der Waals surface area contributed by atoms with Crippen molar-refractivity contribution in [1.82, 2.24) is 0 Å². The van der Waals surface area contributed by atoms with E-state index in [0.29, 0.717) is 0 Å². The molecule has 0 amide bonds. The zero-order valence-corrected chi connectivity index (χ0v) is 20.4. The number of hydrogen-bond donors (Lipinski definition) is 1. The Morgan fingerprint density at radius 1 is 0.750 bits per heavy atom. The minimum Gasteiger partial charge on any atom is -0.183 e. The smallest absolute Gasteiger partial charge is 0.00887 e. The molecule has 156 valence electrons. The van der Waals surface area contributed by atoms with E-state index in [9.17, 15) is 0 Å². The molecule has 0 heterocycles. The average Bonchev–Trinajstić information content (AvgIpc) is 2.76. The molecule has 1 heteroatoms. The van der Waals surface area contributed by atoms with Gasteiger partial charge >= 0.3 is 0 Å².